The van der Waals surface area contributed by atoms with Gasteiger partial charge in [-0.15, -0.1) is 0 Å². The van der Waals surface area contributed by atoms with E-state index in [0.29, 0.717) is 44.7 Å². The zero-order valence-electron chi connectivity index (χ0n) is 30.5. The van der Waals surface area contributed by atoms with Gasteiger partial charge in [-0.05, 0) is 97.7 Å². The molecule has 0 aromatic heterocycles. The molecule has 0 spiro atoms. The first-order valence-electron chi connectivity index (χ1n) is 18.7. The minimum atomic E-state index is -3.00. The highest BCUT2D eigenvalue weighted by Gasteiger charge is 2.59. The summed E-state index contributed by atoms with van der Waals surface area (Å²) in [4.78, 5) is 2.16. The van der Waals surface area contributed by atoms with Gasteiger partial charge in [-0.25, -0.2) is 5.09 Å². The van der Waals surface area contributed by atoms with E-state index in [-0.39, 0.29) is 23.4 Å². The zero-order chi connectivity index (χ0) is 34.4. The molecule has 47 heavy (non-hydrogen) atoms. The third-order valence-corrected chi connectivity index (χ3v) is 14.4. The second-order valence-corrected chi connectivity index (χ2v) is 18.8. The van der Waals surface area contributed by atoms with E-state index >= 15 is 0 Å². The Kier molecular flexibility index (Phi) is 13.3. The number of nitrogens with one attached hydrogen (secondary N) is 5. The Labute approximate surface area is 286 Å². The van der Waals surface area contributed by atoms with E-state index in [1.165, 1.54) is 51.4 Å². The van der Waals surface area contributed by atoms with Gasteiger partial charge in [0, 0.05) is 45.9 Å². The second-order valence-electron chi connectivity index (χ2n) is 16.5. The van der Waals surface area contributed by atoms with Crippen molar-refractivity contribution in [3.05, 3.63) is 11.6 Å². The van der Waals surface area contributed by atoms with E-state index < -0.39 is 7.52 Å². The van der Waals surface area contributed by atoms with Gasteiger partial charge in [0.15, 0.2) is 11.9 Å². The van der Waals surface area contributed by atoms with Crippen LogP contribution in [0.5, 0.6) is 0 Å². The van der Waals surface area contributed by atoms with Crippen LogP contribution >= 0.6 is 7.52 Å². The molecule has 0 amide bonds. The smallest absolute Gasteiger partial charge is 0.267 e. The number of allylic oxidation sites excluding steroid dienone is 1. The van der Waals surface area contributed by atoms with Crippen molar-refractivity contribution in [3.63, 3.8) is 0 Å². The Morgan fingerprint density at radius 3 is 2.28 bits per heavy atom. The van der Waals surface area contributed by atoms with Crippen LogP contribution in [0.15, 0.2) is 11.6 Å². The summed E-state index contributed by atoms with van der Waals surface area (Å²) in [6, 6.07) is 0. The molecule has 0 aromatic carbocycles. The Morgan fingerprint density at radius 2 is 1.64 bits per heavy atom. The molecule has 0 bridgehead atoms. The molecule has 9 atom stereocenters. The maximum Gasteiger partial charge on any atom is 0.267 e. The topological polar surface area (TPSA) is 165 Å². The summed E-state index contributed by atoms with van der Waals surface area (Å²) >= 11 is 0. The van der Waals surface area contributed by atoms with Crippen LogP contribution in [0.3, 0.4) is 0 Å². The van der Waals surface area contributed by atoms with Gasteiger partial charge in [-0.2, -0.15) is 0 Å². The molecule has 3 saturated carbocycles. The van der Waals surface area contributed by atoms with Gasteiger partial charge in [0.05, 0.1) is 6.10 Å². The fourth-order valence-electron chi connectivity index (χ4n) is 10.5. The number of rotatable bonds is 17. The van der Waals surface area contributed by atoms with Crippen LogP contribution in [0.2, 0.25) is 0 Å². The summed E-state index contributed by atoms with van der Waals surface area (Å²) in [5, 5.41) is 23.7. The van der Waals surface area contributed by atoms with Gasteiger partial charge in [-0.1, -0.05) is 65.5 Å². The van der Waals surface area contributed by atoms with Gasteiger partial charge < -0.3 is 26.6 Å². The highest BCUT2D eigenvalue weighted by atomic mass is 31.2. The summed E-state index contributed by atoms with van der Waals surface area (Å²) in [5.41, 5.74) is 13.2. The molecule has 4 rings (SSSR count). The first kappa shape index (κ1) is 38.2. The number of nitrogens with zero attached hydrogens (tertiary/aromatic N) is 1. The molecule has 7 unspecified atom stereocenters. The van der Waals surface area contributed by atoms with Crippen molar-refractivity contribution in [2.24, 2.45) is 57.8 Å². The van der Waals surface area contributed by atoms with Gasteiger partial charge in [0.1, 0.15) is 0 Å². The molecule has 0 aliphatic heterocycles. The molecule has 9 N–H and O–H groups in total. The van der Waals surface area contributed by atoms with Crippen molar-refractivity contribution >= 4 is 19.4 Å². The molecule has 4 aliphatic carbocycles. The summed E-state index contributed by atoms with van der Waals surface area (Å²) < 4.78 is 20.0. The fourth-order valence-corrected chi connectivity index (χ4v) is 11.8. The van der Waals surface area contributed by atoms with Crippen LogP contribution in [0.1, 0.15) is 105 Å². The minimum Gasteiger partial charge on any atom is -0.370 e. The summed E-state index contributed by atoms with van der Waals surface area (Å²) in [7, 11) is -3.00. The predicted octanol–water partition coefficient (Wildman–Crippen LogP) is 6.09. The van der Waals surface area contributed by atoms with Crippen LogP contribution in [0, 0.1) is 57.2 Å². The van der Waals surface area contributed by atoms with Crippen molar-refractivity contribution < 1.29 is 9.09 Å². The average Bonchev–Trinajstić information content (AvgIpc) is 3.33. The highest BCUT2D eigenvalue weighted by molar-refractivity contribution is 7.56. The highest BCUT2D eigenvalue weighted by Crippen LogP contribution is 2.67. The van der Waals surface area contributed by atoms with Crippen LogP contribution in [-0.4, -0.2) is 68.9 Å². The number of guanidine groups is 2. The molecule has 270 valence electrons. The van der Waals surface area contributed by atoms with Crippen molar-refractivity contribution in [3.8, 4) is 0 Å². The van der Waals surface area contributed by atoms with E-state index in [1.807, 2.05) is 0 Å². The van der Waals surface area contributed by atoms with E-state index in [1.54, 1.807) is 12.2 Å². The molecule has 10 nitrogen and oxygen atoms in total. The quantitative estimate of drug-likeness (QED) is 0.0421. The normalized spacial score (nSPS) is 33.7. The summed E-state index contributed by atoms with van der Waals surface area (Å²) in [6.45, 7) is 17.8. The average molecular weight is 677 g/mol. The van der Waals surface area contributed by atoms with Gasteiger partial charge in [-0.3, -0.25) is 20.3 Å². The van der Waals surface area contributed by atoms with Gasteiger partial charge >= 0.3 is 0 Å². The maximum atomic E-state index is 13.6. The summed E-state index contributed by atoms with van der Waals surface area (Å²) in [6.07, 6.45) is 16.5. The monoisotopic (exact) mass is 677 g/mol. The third-order valence-electron chi connectivity index (χ3n) is 12.9. The molecule has 0 radical (unpaired) electrons. The van der Waals surface area contributed by atoms with Crippen LogP contribution in [0.4, 0.5) is 0 Å². The molecule has 4 aliphatic rings. The van der Waals surface area contributed by atoms with Gasteiger partial charge in [0.2, 0.25) is 0 Å². The first-order valence-corrected chi connectivity index (χ1v) is 20.8. The Balaban J connectivity index is 1.30. The molecule has 3 fully saturated rings. The van der Waals surface area contributed by atoms with Gasteiger partial charge in [0.25, 0.3) is 7.52 Å². The third kappa shape index (κ3) is 9.76. The SMILES string of the molecule is CC(C)CCCC(C)C1CCC2C3CC=C4CC(OP(C)(=O)NCCN(CCNC(=N)N)CCNC(=N)N)CC[C@]4(C)C3CC[C@]12C. The number of hydrogen-bond donors (Lipinski definition) is 7. The van der Waals surface area contributed by atoms with Crippen molar-refractivity contribution in [1.29, 1.82) is 10.8 Å². The number of hydrogen-bond acceptors (Lipinski definition) is 5. The lowest BCUT2D eigenvalue weighted by Crippen LogP contribution is -2.51. The standard InChI is InChI=1S/C36H69N8O2P/c1-25(2)8-7-9-26(3)30-12-13-31-29-11-10-27-24-28(14-16-35(27,4)32(29)15-17-36(30,31)5)46-47(6,45)43-20-23-44(21-18-41-33(37)38)22-19-42-34(39)40/h10,25-26,28-32H,7-9,11-24H2,1-6H3,(H,43,45)(H4,37,38,41)(H4,39,40,42)/t26?,28?,29?,30?,31?,32?,35-,36+,47?/m0/s1. The lowest BCUT2D eigenvalue weighted by Gasteiger charge is -2.58. The van der Waals surface area contributed by atoms with Crippen LogP contribution in [0.25, 0.3) is 0 Å². The van der Waals surface area contributed by atoms with Crippen molar-refractivity contribution in [1.82, 2.24) is 20.6 Å². The van der Waals surface area contributed by atoms with E-state index in [0.717, 1.165) is 54.8 Å². The van der Waals surface area contributed by atoms with Crippen LogP contribution < -0.4 is 27.2 Å². The lowest BCUT2D eigenvalue weighted by molar-refractivity contribution is -0.0558. The fraction of sp³-hybridized carbons (Fsp3) is 0.889. The van der Waals surface area contributed by atoms with Crippen molar-refractivity contribution in [2.75, 3.05) is 45.9 Å². The Hall–Kier alpha value is -1.61. The van der Waals surface area contributed by atoms with Crippen molar-refractivity contribution in [2.45, 2.75) is 111 Å². The molecule has 11 heteroatoms. The minimum absolute atomic E-state index is 0.0127. The van der Waals surface area contributed by atoms with E-state index in [4.69, 9.17) is 26.8 Å². The molecule has 0 saturated heterocycles. The van der Waals surface area contributed by atoms with Crippen LogP contribution in [-0.2, 0) is 9.09 Å². The molecular formula is C36H69N8O2P. The molecule has 0 aromatic rings. The maximum absolute atomic E-state index is 13.6. The molecule has 0 heterocycles. The largest absolute Gasteiger partial charge is 0.370 e. The first-order chi connectivity index (χ1) is 22.1. The van der Waals surface area contributed by atoms with E-state index in [2.05, 4.69) is 61.3 Å². The Bertz CT molecular complexity index is 1130. The summed E-state index contributed by atoms with van der Waals surface area (Å²) in [5.74, 6) is 4.85. The molecular weight excluding hydrogens is 607 g/mol. The lowest BCUT2D eigenvalue weighted by atomic mass is 9.47. The number of nitrogens with two attached hydrogens (primary N) is 2. The zero-order valence-corrected chi connectivity index (χ0v) is 31.4. The Morgan fingerprint density at radius 1 is 0.979 bits per heavy atom. The predicted molar refractivity (Wildman–Crippen MR) is 196 cm³/mol. The van der Waals surface area contributed by atoms with E-state index in [9.17, 15) is 4.57 Å². The number of fused-ring (bicyclic) bond motifs is 5. The second kappa shape index (κ2) is 16.4.